The van der Waals surface area contributed by atoms with Gasteiger partial charge < -0.3 is 15.3 Å². The van der Waals surface area contributed by atoms with Crippen LogP contribution in [-0.2, 0) is 28.6 Å². The highest BCUT2D eigenvalue weighted by Gasteiger charge is 2.26. The fraction of sp³-hybridized carbons (Fsp3) is 0.517. The van der Waals surface area contributed by atoms with E-state index in [4.69, 9.17) is 0 Å². The molecular weight excluding hydrogens is 424 g/mol. The lowest BCUT2D eigenvalue weighted by molar-refractivity contribution is -0.121. The van der Waals surface area contributed by atoms with Crippen LogP contribution in [0.2, 0.25) is 0 Å². The van der Waals surface area contributed by atoms with E-state index in [2.05, 4.69) is 46.9 Å². The van der Waals surface area contributed by atoms with Crippen molar-refractivity contribution in [2.24, 2.45) is 0 Å². The summed E-state index contributed by atoms with van der Waals surface area (Å²) in [6.45, 7) is 14.7. The third kappa shape index (κ3) is 6.40. The summed E-state index contributed by atoms with van der Waals surface area (Å²) in [5.74, 6) is 0.436. The Labute approximate surface area is 204 Å². The molecule has 0 saturated carbocycles. The van der Waals surface area contributed by atoms with Crippen molar-refractivity contribution < 1.29 is 14.7 Å². The topological polar surface area (TPSA) is 69.6 Å². The Hall–Kier alpha value is -2.82. The molecule has 1 fully saturated rings. The molecule has 0 unspecified atom stereocenters. The van der Waals surface area contributed by atoms with Crippen LogP contribution in [0.25, 0.3) is 0 Å². The van der Waals surface area contributed by atoms with Crippen LogP contribution in [-0.4, -0.2) is 34.9 Å². The summed E-state index contributed by atoms with van der Waals surface area (Å²) >= 11 is 0. The second kappa shape index (κ2) is 10.2. The minimum Gasteiger partial charge on any atom is -0.507 e. The lowest BCUT2D eigenvalue weighted by Gasteiger charge is -2.28. The first kappa shape index (κ1) is 25.8. The van der Waals surface area contributed by atoms with Crippen molar-refractivity contribution in [1.29, 1.82) is 0 Å². The van der Waals surface area contributed by atoms with Gasteiger partial charge in [0.2, 0.25) is 5.91 Å². The maximum absolute atomic E-state index is 12.5. The molecular formula is C29H40N2O3. The lowest BCUT2D eigenvalue weighted by atomic mass is 9.78. The molecule has 5 heteroatoms. The predicted octanol–water partition coefficient (Wildman–Crippen LogP) is 5.47. The van der Waals surface area contributed by atoms with E-state index in [1.54, 1.807) is 0 Å². The Morgan fingerprint density at radius 2 is 1.41 bits per heavy atom. The number of nitrogens with one attached hydrogen (secondary N) is 1. The average molecular weight is 465 g/mol. The number of aryl methyl sites for hydroxylation is 1. The number of nitrogens with zero attached hydrogens (tertiary/aromatic N) is 1. The summed E-state index contributed by atoms with van der Waals surface area (Å²) in [7, 11) is 0. The number of hydrogen-bond acceptors (Lipinski definition) is 3. The number of carbonyl (C=O) groups is 2. The molecule has 1 heterocycles. The molecule has 34 heavy (non-hydrogen) atoms. The molecule has 0 atom stereocenters. The molecule has 2 aromatic rings. The second-order valence-corrected chi connectivity index (χ2v) is 11.5. The second-order valence-electron chi connectivity index (χ2n) is 11.5. The Kier molecular flexibility index (Phi) is 7.74. The molecule has 2 amide bonds. The highest BCUT2D eigenvalue weighted by molar-refractivity contribution is 5.94. The van der Waals surface area contributed by atoms with E-state index in [9.17, 15) is 14.7 Å². The van der Waals surface area contributed by atoms with E-state index in [0.29, 0.717) is 30.7 Å². The lowest BCUT2D eigenvalue weighted by Crippen LogP contribution is -2.27. The summed E-state index contributed by atoms with van der Waals surface area (Å²) in [4.78, 5) is 26.9. The Morgan fingerprint density at radius 3 is 1.91 bits per heavy atom. The molecule has 0 aromatic heterocycles. The summed E-state index contributed by atoms with van der Waals surface area (Å²) in [6.07, 6.45) is 3.15. The molecule has 0 spiro atoms. The van der Waals surface area contributed by atoms with Crippen LogP contribution < -0.4 is 5.32 Å². The fourth-order valence-corrected chi connectivity index (χ4v) is 4.40. The maximum Gasteiger partial charge on any atom is 0.253 e. The normalized spacial score (nSPS) is 14.4. The number of aromatic hydroxyl groups is 1. The van der Waals surface area contributed by atoms with Gasteiger partial charge in [0, 0.05) is 31.6 Å². The number of benzene rings is 2. The molecule has 2 N–H and O–H groups in total. The highest BCUT2D eigenvalue weighted by Crippen LogP contribution is 2.40. The van der Waals surface area contributed by atoms with Gasteiger partial charge in [-0.3, -0.25) is 9.59 Å². The minimum absolute atomic E-state index is 0.0140. The molecule has 1 saturated heterocycles. The van der Waals surface area contributed by atoms with Crippen LogP contribution in [0.4, 0.5) is 0 Å². The quantitative estimate of drug-likeness (QED) is 0.595. The van der Waals surface area contributed by atoms with Crippen LogP contribution in [0.15, 0.2) is 36.4 Å². The number of amides is 2. The molecule has 3 rings (SSSR count). The third-order valence-electron chi connectivity index (χ3n) is 6.51. The molecule has 1 aliphatic heterocycles. The van der Waals surface area contributed by atoms with E-state index in [1.165, 1.54) is 0 Å². The van der Waals surface area contributed by atoms with Gasteiger partial charge in [-0.25, -0.2) is 0 Å². The fourth-order valence-electron chi connectivity index (χ4n) is 4.40. The van der Waals surface area contributed by atoms with Gasteiger partial charge in [-0.2, -0.15) is 0 Å². The van der Waals surface area contributed by atoms with Gasteiger partial charge in [0.25, 0.3) is 5.91 Å². The van der Waals surface area contributed by atoms with Gasteiger partial charge in [-0.1, -0.05) is 65.8 Å². The van der Waals surface area contributed by atoms with E-state index in [-0.39, 0.29) is 22.6 Å². The van der Waals surface area contributed by atoms with E-state index in [0.717, 1.165) is 48.2 Å². The van der Waals surface area contributed by atoms with Gasteiger partial charge in [-0.15, -0.1) is 0 Å². The van der Waals surface area contributed by atoms with Crippen LogP contribution in [0, 0.1) is 0 Å². The van der Waals surface area contributed by atoms with E-state index < -0.39 is 0 Å². The largest absolute Gasteiger partial charge is 0.507 e. The van der Waals surface area contributed by atoms with E-state index >= 15 is 0 Å². The first-order valence-electron chi connectivity index (χ1n) is 12.4. The average Bonchev–Trinajstić information content (AvgIpc) is 3.30. The third-order valence-corrected chi connectivity index (χ3v) is 6.51. The van der Waals surface area contributed by atoms with Gasteiger partial charge in [0.05, 0.1) is 0 Å². The Balaban J connectivity index is 1.59. The monoisotopic (exact) mass is 464 g/mol. The number of rotatable bonds is 6. The van der Waals surface area contributed by atoms with Crippen molar-refractivity contribution >= 4 is 11.8 Å². The van der Waals surface area contributed by atoms with Crippen molar-refractivity contribution in [2.75, 3.05) is 13.1 Å². The SMILES string of the molecule is CC(C)(C)c1cc(CCC(=O)NCc2ccc(C(=O)N3CCCC3)cc2)cc(C(C)(C)C)c1O. The number of likely N-dealkylation sites (tertiary alicyclic amines) is 1. The van der Waals surface area contributed by atoms with Crippen LogP contribution in [0.5, 0.6) is 5.75 Å². The van der Waals surface area contributed by atoms with Gasteiger partial charge in [-0.05, 0) is 64.5 Å². The van der Waals surface area contributed by atoms with Crippen molar-refractivity contribution in [1.82, 2.24) is 10.2 Å². The number of phenols is 1. The molecule has 5 nitrogen and oxygen atoms in total. The Bertz CT molecular complexity index is 986. The Morgan fingerprint density at radius 1 is 0.882 bits per heavy atom. The van der Waals surface area contributed by atoms with Gasteiger partial charge in [0.1, 0.15) is 5.75 Å². The smallest absolute Gasteiger partial charge is 0.253 e. The van der Waals surface area contributed by atoms with Crippen molar-refractivity contribution in [3.8, 4) is 5.75 Å². The van der Waals surface area contributed by atoms with Crippen LogP contribution in [0.1, 0.15) is 93.4 Å². The first-order chi connectivity index (χ1) is 15.9. The first-order valence-corrected chi connectivity index (χ1v) is 12.4. The summed E-state index contributed by atoms with van der Waals surface area (Å²) in [6, 6.07) is 11.6. The minimum atomic E-state index is -0.190. The predicted molar refractivity (Wildman–Crippen MR) is 137 cm³/mol. The zero-order valence-electron chi connectivity index (χ0n) is 21.6. The number of hydrogen-bond donors (Lipinski definition) is 2. The summed E-state index contributed by atoms with van der Waals surface area (Å²) in [5.41, 5.74) is 4.19. The summed E-state index contributed by atoms with van der Waals surface area (Å²) in [5, 5.41) is 13.9. The number of phenolic OH excluding ortho intramolecular Hbond substituents is 1. The highest BCUT2D eigenvalue weighted by atomic mass is 16.3. The molecule has 0 bridgehead atoms. The van der Waals surface area contributed by atoms with Crippen molar-refractivity contribution in [3.63, 3.8) is 0 Å². The molecule has 184 valence electrons. The number of carbonyl (C=O) groups excluding carboxylic acids is 2. The zero-order chi connectivity index (χ0) is 25.1. The molecule has 0 radical (unpaired) electrons. The van der Waals surface area contributed by atoms with Gasteiger partial charge in [0.15, 0.2) is 0 Å². The van der Waals surface area contributed by atoms with E-state index in [1.807, 2.05) is 41.3 Å². The van der Waals surface area contributed by atoms with Crippen molar-refractivity contribution in [2.45, 2.75) is 84.6 Å². The van der Waals surface area contributed by atoms with Crippen LogP contribution in [0.3, 0.4) is 0 Å². The zero-order valence-corrected chi connectivity index (χ0v) is 21.6. The standard InChI is InChI=1S/C29H40N2O3/c1-28(2,3)23-17-21(18-24(26(23)33)29(4,5)6)11-14-25(32)30-19-20-9-12-22(13-10-20)27(34)31-15-7-8-16-31/h9-10,12-13,17-18,33H,7-8,11,14-16,19H2,1-6H3,(H,30,32). The maximum atomic E-state index is 12.5. The molecule has 0 aliphatic carbocycles. The van der Waals surface area contributed by atoms with Gasteiger partial charge >= 0.3 is 0 Å². The molecule has 2 aromatic carbocycles. The summed E-state index contributed by atoms with van der Waals surface area (Å²) < 4.78 is 0. The van der Waals surface area contributed by atoms with Crippen molar-refractivity contribution in [3.05, 3.63) is 64.2 Å². The molecule has 1 aliphatic rings. The van der Waals surface area contributed by atoms with Crippen LogP contribution >= 0.6 is 0 Å².